The average molecular weight is 408 g/mol. The number of anilines is 1. The Hall–Kier alpha value is -2.67. The number of benzene rings is 1. The van der Waals surface area contributed by atoms with Crippen LogP contribution in [0, 0.1) is 5.82 Å². The summed E-state index contributed by atoms with van der Waals surface area (Å²) in [7, 11) is -1.95. The third kappa shape index (κ3) is 4.03. The third-order valence-corrected chi connectivity index (χ3v) is 4.85. The van der Waals surface area contributed by atoms with Crippen molar-refractivity contribution < 1.29 is 36.2 Å². The Kier molecular flexibility index (Phi) is 6.05. The number of hydrogen-bond donors (Lipinski definition) is 1. The molecular formula is C14H15F3N4O5S. The van der Waals surface area contributed by atoms with Gasteiger partial charge in [-0.25, -0.2) is 12.8 Å². The minimum Gasteiger partial charge on any atom is -0.467 e. The van der Waals surface area contributed by atoms with Gasteiger partial charge in [0.05, 0.1) is 19.9 Å². The predicted molar refractivity (Wildman–Crippen MR) is 86.7 cm³/mol. The zero-order valence-electron chi connectivity index (χ0n) is 14.3. The molecule has 2 rings (SSSR count). The number of aliphatic hydroxyl groups excluding tert-OH is 1. The van der Waals surface area contributed by atoms with Crippen LogP contribution >= 0.6 is 0 Å². The molecule has 13 heteroatoms. The first-order chi connectivity index (χ1) is 12.6. The number of aromatic nitrogens is 3. The summed E-state index contributed by atoms with van der Waals surface area (Å²) in [5.74, 6) is -5.30. The van der Waals surface area contributed by atoms with E-state index in [1.165, 1.54) is 14.2 Å². The molecule has 1 N–H and O–H groups in total. The van der Waals surface area contributed by atoms with Crippen LogP contribution in [0.5, 0.6) is 12.0 Å². The second-order valence-corrected chi connectivity index (χ2v) is 6.95. The van der Waals surface area contributed by atoms with Crippen LogP contribution in [0.4, 0.5) is 18.9 Å². The van der Waals surface area contributed by atoms with Crippen LogP contribution in [0.15, 0.2) is 18.2 Å². The zero-order valence-corrected chi connectivity index (χ0v) is 15.1. The summed E-state index contributed by atoms with van der Waals surface area (Å²) in [5.41, 5.74) is -1.14. The molecule has 1 aromatic heterocycles. The summed E-state index contributed by atoms with van der Waals surface area (Å²) >= 11 is 0. The van der Waals surface area contributed by atoms with E-state index < -0.39 is 33.4 Å². The topological polar surface area (TPSA) is 115 Å². The number of sulfonamides is 1. The van der Waals surface area contributed by atoms with E-state index in [4.69, 9.17) is 9.47 Å². The number of halogens is 3. The molecule has 1 atom stereocenters. The van der Waals surface area contributed by atoms with Crippen LogP contribution in [0.2, 0.25) is 0 Å². The standard InChI is InChI=1S/C14H15F3N4O5S/c1-21(27(23,24)12(16)17)9-7(5-4-6-8(9)15)10(22)11-18-13(25-2)20-14(19-11)26-3/h4-6,10,12,22H,1-3H3. The first-order valence-corrected chi connectivity index (χ1v) is 8.70. The van der Waals surface area contributed by atoms with Crippen LogP contribution < -0.4 is 13.8 Å². The fourth-order valence-electron chi connectivity index (χ4n) is 2.13. The van der Waals surface area contributed by atoms with Gasteiger partial charge < -0.3 is 14.6 Å². The maximum Gasteiger partial charge on any atom is 0.355 e. The van der Waals surface area contributed by atoms with Crippen molar-refractivity contribution in [3.05, 3.63) is 35.4 Å². The van der Waals surface area contributed by atoms with E-state index in [9.17, 15) is 26.7 Å². The van der Waals surface area contributed by atoms with Gasteiger partial charge in [-0.05, 0) is 6.07 Å². The van der Waals surface area contributed by atoms with Gasteiger partial charge in [0.15, 0.2) is 5.82 Å². The van der Waals surface area contributed by atoms with Crippen molar-refractivity contribution >= 4 is 15.7 Å². The Bertz CT molecular complexity index is 907. The van der Waals surface area contributed by atoms with Gasteiger partial charge in [0.25, 0.3) is 10.0 Å². The lowest BCUT2D eigenvalue weighted by Crippen LogP contribution is -2.33. The maximum atomic E-state index is 14.3. The third-order valence-electron chi connectivity index (χ3n) is 3.46. The van der Waals surface area contributed by atoms with Gasteiger partial charge in [0.1, 0.15) is 11.9 Å². The molecule has 0 bridgehead atoms. The first kappa shape index (κ1) is 20.6. The molecular weight excluding hydrogens is 393 g/mol. The molecule has 1 aromatic carbocycles. The minimum atomic E-state index is -5.17. The van der Waals surface area contributed by atoms with Crippen LogP contribution in [-0.2, 0) is 10.0 Å². The number of methoxy groups -OCH3 is 2. The monoisotopic (exact) mass is 408 g/mol. The molecule has 2 aromatic rings. The summed E-state index contributed by atoms with van der Waals surface area (Å²) in [4.78, 5) is 11.3. The summed E-state index contributed by atoms with van der Waals surface area (Å²) in [6.07, 6.45) is -1.79. The zero-order chi connectivity index (χ0) is 20.4. The van der Waals surface area contributed by atoms with Crippen molar-refractivity contribution in [1.29, 1.82) is 0 Å². The maximum absolute atomic E-state index is 14.3. The molecule has 148 valence electrons. The van der Waals surface area contributed by atoms with E-state index in [1.807, 2.05) is 0 Å². The van der Waals surface area contributed by atoms with Gasteiger partial charge in [0.2, 0.25) is 0 Å². The normalized spacial score (nSPS) is 12.7. The molecule has 27 heavy (non-hydrogen) atoms. The predicted octanol–water partition coefficient (Wildman–Crippen LogP) is 1.10. The van der Waals surface area contributed by atoms with E-state index in [0.29, 0.717) is 0 Å². The van der Waals surface area contributed by atoms with Crippen molar-refractivity contribution in [2.24, 2.45) is 0 Å². The van der Waals surface area contributed by atoms with Gasteiger partial charge in [-0.3, -0.25) is 4.31 Å². The smallest absolute Gasteiger partial charge is 0.355 e. The van der Waals surface area contributed by atoms with Gasteiger partial charge in [-0.15, -0.1) is 4.98 Å². The molecule has 0 aliphatic rings. The molecule has 0 saturated heterocycles. The van der Waals surface area contributed by atoms with E-state index in [1.54, 1.807) is 0 Å². The highest BCUT2D eigenvalue weighted by molar-refractivity contribution is 7.93. The average Bonchev–Trinajstić information content (AvgIpc) is 2.65. The van der Waals surface area contributed by atoms with Crippen molar-refractivity contribution in [1.82, 2.24) is 15.0 Å². The molecule has 9 nitrogen and oxygen atoms in total. The molecule has 1 heterocycles. The number of hydrogen-bond acceptors (Lipinski definition) is 8. The van der Waals surface area contributed by atoms with E-state index in [2.05, 4.69) is 15.0 Å². The summed E-state index contributed by atoms with van der Waals surface area (Å²) < 4.78 is 73.2. The largest absolute Gasteiger partial charge is 0.467 e. The Balaban J connectivity index is 2.62. The van der Waals surface area contributed by atoms with Crippen LogP contribution in [-0.4, -0.2) is 55.5 Å². The summed E-state index contributed by atoms with van der Waals surface area (Å²) in [6.45, 7) is 0. The molecule has 0 saturated carbocycles. The van der Waals surface area contributed by atoms with Crippen molar-refractivity contribution in [2.75, 3.05) is 25.6 Å². The second-order valence-electron chi connectivity index (χ2n) is 5.02. The van der Waals surface area contributed by atoms with Crippen LogP contribution in [0.1, 0.15) is 17.5 Å². The summed E-state index contributed by atoms with van der Waals surface area (Å²) in [6, 6.07) is 2.70. The Morgan fingerprint density at radius 1 is 1.11 bits per heavy atom. The van der Waals surface area contributed by atoms with Gasteiger partial charge >= 0.3 is 17.8 Å². The van der Waals surface area contributed by atoms with Crippen LogP contribution in [0.3, 0.4) is 0 Å². The molecule has 0 spiro atoms. The fourth-order valence-corrected chi connectivity index (χ4v) is 2.81. The summed E-state index contributed by atoms with van der Waals surface area (Å²) in [5, 5.41) is 10.6. The lowest BCUT2D eigenvalue weighted by Gasteiger charge is -2.24. The highest BCUT2D eigenvalue weighted by Crippen LogP contribution is 2.34. The minimum absolute atomic E-state index is 0.0568. The van der Waals surface area contributed by atoms with Crippen LogP contribution in [0.25, 0.3) is 0 Å². The Labute approximate surface area is 152 Å². The van der Waals surface area contributed by atoms with Gasteiger partial charge in [-0.2, -0.15) is 18.7 Å². The molecule has 0 fully saturated rings. The second kappa shape index (κ2) is 7.92. The number of para-hydroxylation sites is 1. The number of ether oxygens (including phenoxy) is 2. The molecule has 0 radical (unpaired) electrons. The van der Waals surface area contributed by atoms with E-state index in [0.717, 1.165) is 25.2 Å². The Morgan fingerprint density at radius 3 is 2.15 bits per heavy atom. The molecule has 0 aliphatic carbocycles. The lowest BCUT2D eigenvalue weighted by atomic mass is 10.1. The number of nitrogens with zero attached hydrogens (tertiary/aromatic N) is 4. The van der Waals surface area contributed by atoms with Gasteiger partial charge in [-0.1, -0.05) is 12.1 Å². The van der Waals surface area contributed by atoms with E-state index >= 15 is 0 Å². The highest BCUT2D eigenvalue weighted by Gasteiger charge is 2.34. The quantitative estimate of drug-likeness (QED) is 0.724. The molecule has 0 aliphatic heterocycles. The molecule has 0 amide bonds. The number of alkyl halides is 2. The number of rotatable bonds is 7. The van der Waals surface area contributed by atoms with E-state index in [-0.39, 0.29) is 27.7 Å². The van der Waals surface area contributed by atoms with Crippen molar-refractivity contribution in [3.63, 3.8) is 0 Å². The first-order valence-electron chi connectivity index (χ1n) is 7.19. The van der Waals surface area contributed by atoms with Crippen molar-refractivity contribution in [3.8, 4) is 12.0 Å². The van der Waals surface area contributed by atoms with Gasteiger partial charge in [0, 0.05) is 12.6 Å². The Morgan fingerprint density at radius 2 is 1.67 bits per heavy atom. The highest BCUT2D eigenvalue weighted by atomic mass is 32.2. The number of aliphatic hydroxyl groups is 1. The molecule has 1 unspecified atom stereocenters. The SMILES string of the molecule is COc1nc(OC)nc(C(O)c2cccc(F)c2N(C)S(=O)(=O)C(F)F)n1. The van der Waals surface area contributed by atoms with Crippen molar-refractivity contribution in [2.45, 2.75) is 11.9 Å². The lowest BCUT2D eigenvalue weighted by molar-refractivity contribution is 0.204. The fraction of sp³-hybridized carbons (Fsp3) is 0.357.